The summed E-state index contributed by atoms with van der Waals surface area (Å²) in [5, 5.41) is 5.88. The smallest absolute Gasteiger partial charge is 0.246 e. The number of hydrogen-bond acceptors (Lipinski definition) is 2. The maximum Gasteiger partial charge on any atom is 0.246 e. The zero-order chi connectivity index (χ0) is 12.4. The summed E-state index contributed by atoms with van der Waals surface area (Å²) in [5.41, 5.74) is 0.601. The standard InChI is InChI=1S/C11H10BrClN2O2/c12-7-2-1-6(13)5-9(7)15-11(17)8-3-4-10(16)14-8/h1-2,5,8H,3-4H2,(H,14,16)(H,15,17). The maximum absolute atomic E-state index is 11.8. The minimum absolute atomic E-state index is 0.0877. The van der Waals surface area contributed by atoms with Gasteiger partial charge in [-0.25, -0.2) is 0 Å². The van der Waals surface area contributed by atoms with Crippen LogP contribution in [0.25, 0.3) is 0 Å². The van der Waals surface area contributed by atoms with E-state index in [1.807, 2.05) is 0 Å². The van der Waals surface area contributed by atoms with Gasteiger partial charge >= 0.3 is 0 Å². The van der Waals surface area contributed by atoms with Gasteiger partial charge in [-0.05, 0) is 40.5 Å². The highest BCUT2D eigenvalue weighted by molar-refractivity contribution is 9.10. The van der Waals surface area contributed by atoms with E-state index in [0.29, 0.717) is 23.6 Å². The Morgan fingerprint density at radius 3 is 2.94 bits per heavy atom. The summed E-state index contributed by atoms with van der Waals surface area (Å²) in [6, 6.07) is 4.68. The van der Waals surface area contributed by atoms with Gasteiger partial charge in [0.15, 0.2) is 0 Å². The highest BCUT2D eigenvalue weighted by atomic mass is 79.9. The molecule has 1 aliphatic heterocycles. The molecule has 90 valence electrons. The number of benzene rings is 1. The van der Waals surface area contributed by atoms with E-state index in [-0.39, 0.29) is 11.8 Å². The number of carbonyl (C=O) groups excluding carboxylic acids is 2. The molecule has 0 saturated carbocycles. The first-order valence-corrected chi connectivity index (χ1v) is 6.28. The summed E-state index contributed by atoms with van der Waals surface area (Å²) in [4.78, 5) is 22.8. The molecule has 2 rings (SSSR count). The van der Waals surface area contributed by atoms with E-state index in [1.54, 1.807) is 18.2 Å². The summed E-state index contributed by atoms with van der Waals surface area (Å²) in [6.07, 6.45) is 0.928. The third-order valence-electron chi connectivity index (χ3n) is 2.50. The minimum atomic E-state index is -0.451. The van der Waals surface area contributed by atoms with E-state index in [2.05, 4.69) is 26.6 Å². The first kappa shape index (κ1) is 12.4. The molecule has 1 heterocycles. The van der Waals surface area contributed by atoms with Crippen molar-refractivity contribution in [2.24, 2.45) is 0 Å². The molecule has 1 saturated heterocycles. The molecule has 0 radical (unpaired) electrons. The van der Waals surface area contributed by atoms with Gasteiger partial charge in [0.2, 0.25) is 11.8 Å². The van der Waals surface area contributed by atoms with Crippen molar-refractivity contribution in [3.8, 4) is 0 Å². The van der Waals surface area contributed by atoms with Crippen LogP contribution in [0.1, 0.15) is 12.8 Å². The molecule has 0 aliphatic carbocycles. The van der Waals surface area contributed by atoms with E-state index in [4.69, 9.17) is 11.6 Å². The molecular formula is C11H10BrClN2O2. The molecule has 1 aliphatic rings. The van der Waals surface area contributed by atoms with Crippen LogP contribution in [0.4, 0.5) is 5.69 Å². The Balaban J connectivity index is 2.07. The summed E-state index contributed by atoms with van der Waals surface area (Å²) in [7, 11) is 0. The normalized spacial score (nSPS) is 18.9. The van der Waals surface area contributed by atoms with Gasteiger partial charge < -0.3 is 10.6 Å². The second kappa shape index (κ2) is 5.06. The fourth-order valence-corrected chi connectivity index (χ4v) is 2.14. The Morgan fingerprint density at radius 2 is 2.29 bits per heavy atom. The minimum Gasteiger partial charge on any atom is -0.344 e. The molecule has 17 heavy (non-hydrogen) atoms. The van der Waals surface area contributed by atoms with E-state index in [1.165, 1.54) is 0 Å². The van der Waals surface area contributed by atoms with Gasteiger partial charge in [-0.1, -0.05) is 11.6 Å². The van der Waals surface area contributed by atoms with Gasteiger partial charge in [0.05, 0.1) is 5.69 Å². The van der Waals surface area contributed by atoms with Crippen LogP contribution in [-0.4, -0.2) is 17.9 Å². The van der Waals surface area contributed by atoms with Crippen LogP contribution in [0.2, 0.25) is 5.02 Å². The Labute approximate surface area is 112 Å². The zero-order valence-electron chi connectivity index (χ0n) is 8.80. The third-order valence-corrected chi connectivity index (χ3v) is 3.42. The molecule has 1 unspecified atom stereocenters. The average molecular weight is 318 g/mol. The van der Waals surface area contributed by atoms with Crippen LogP contribution in [0.3, 0.4) is 0 Å². The predicted octanol–water partition coefficient (Wildman–Crippen LogP) is 2.32. The molecule has 0 spiro atoms. The Bertz CT molecular complexity index is 479. The predicted molar refractivity (Wildman–Crippen MR) is 68.9 cm³/mol. The molecule has 2 N–H and O–H groups in total. The molecule has 6 heteroatoms. The zero-order valence-corrected chi connectivity index (χ0v) is 11.1. The monoisotopic (exact) mass is 316 g/mol. The van der Waals surface area contributed by atoms with Gasteiger partial charge in [-0.15, -0.1) is 0 Å². The van der Waals surface area contributed by atoms with Gasteiger partial charge in [0.25, 0.3) is 0 Å². The fourth-order valence-electron chi connectivity index (χ4n) is 1.62. The number of rotatable bonds is 2. The van der Waals surface area contributed by atoms with E-state index in [0.717, 1.165) is 4.47 Å². The van der Waals surface area contributed by atoms with Crippen molar-refractivity contribution in [2.75, 3.05) is 5.32 Å². The lowest BCUT2D eigenvalue weighted by Gasteiger charge is -2.12. The molecule has 2 amide bonds. The lowest BCUT2D eigenvalue weighted by atomic mass is 10.2. The molecule has 0 bridgehead atoms. The van der Waals surface area contributed by atoms with Crippen molar-refractivity contribution >= 4 is 45.0 Å². The van der Waals surface area contributed by atoms with Gasteiger partial charge in [-0.2, -0.15) is 0 Å². The van der Waals surface area contributed by atoms with Crippen LogP contribution < -0.4 is 10.6 Å². The van der Waals surface area contributed by atoms with Crippen molar-refractivity contribution in [2.45, 2.75) is 18.9 Å². The number of anilines is 1. The Hall–Kier alpha value is -1.07. The molecular weight excluding hydrogens is 307 g/mol. The number of halogens is 2. The summed E-state index contributed by atoms with van der Waals surface area (Å²) < 4.78 is 0.750. The third kappa shape index (κ3) is 2.98. The van der Waals surface area contributed by atoms with E-state index in [9.17, 15) is 9.59 Å². The summed E-state index contributed by atoms with van der Waals surface area (Å²) >= 11 is 9.16. The molecule has 1 atom stereocenters. The van der Waals surface area contributed by atoms with E-state index >= 15 is 0 Å². The first-order chi connectivity index (χ1) is 8.06. The average Bonchev–Trinajstić information content (AvgIpc) is 2.70. The first-order valence-electron chi connectivity index (χ1n) is 5.11. The number of nitrogens with one attached hydrogen (secondary N) is 2. The van der Waals surface area contributed by atoms with Crippen LogP contribution >= 0.6 is 27.5 Å². The van der Waals surface area contributed by atoms with Crippen molar-refractivity contribution in [3.63, 3.8) is 0 Å². The van der Waals surface area contributed by atoms with Crippen molar-refractivity contribution in [1.82, 2.24) is 5.32 Å². The second-order valence-corrected chi connectivity index (χ2v) is 5.06. The molecule has 1 fully saturated rings. The Kier molecular flexibility index (Phi) is 3.69. The molecule has 1 aromatic rings. The summed E-state index contributed by atoms with van der Waals surface area (Å²) in [6.45, 7) is 0. The lowest BCUT2D eigenvalue weighted by molar-refractivity contribution is -0.122. The lowest BCUT2D eigenvalue weighted by Crippen LogP contribution is -2.37. The highest BCUT2D eigenvalue weighted by Gasteiger charge is 2.27. The van der Waals surface area contributed by atoms with Crippen LogP contribution in [-0.2, 0) is 9.59 Å². The van der Waals surface area contributed by atoms with Crippen LogP contribution in [0.5, 0.6) is 0 Å². The van der Waals surface area contributed by atoms with Gasteiger partial charge in [-0.3, -0.25) is 9.59 Å². The highest BCUT2D eigenvalue weighted by Crippen LogP contribution is 2.26. The van der Waals surface area contributed by atoms with Crippen LogP contribution in [0.15, 0.2) is 22.7 Å². The van der Waals surface area contributed by atoms with Gasteiger partial charge in [0.1, 0.15) is 6.04 Å². The molecule has 0 aromatic heterocycles. The van der Waals surface area contributed by atoms with E-state index < -0.39 is 6.04 Å². The number of carbonyl (C=O) groups is 2. The largest absolute Gasteiger partial charge is 0.344 e. The Morgan fingerprint density at radius 1 is 1.53 bits per heavy atom. The van der Waals surface area contributed by atoms with Crippen molar-refractivity contribution < 1.29 is 9.59 Å². The van der Waals surface area contributed by atoms with Crippen molar-refractivity contribution in [3.05, 3.63) is 27.7 Å². The topological polar surface area (TPSA) is 58.2 Å². The number of hydrogen-bond donors (Lipinski definition) is 2. The SMILES string of the molecule is O=C1CCC(C(=O)Nc2cc(Cl)ccc2Br)N1. The van der Waals surface area contributed by atoms with Gasteiger partial charge in [0, 0.05) is 15.9 Å². The molecule has 4 nitrogen and oxygen atoms in total. The van der Waals surface area contributed by atoms with Crippen LogP contribution in [0, 0.1) is 0 Å². The summed E-state index contributed by atoms with van der Waals surface area (Å²) in [5.74, 6) is -0.311. The number of amides is 2. The molecule has 1 aromatic carbocycles. The maximum atomic E-state index is 11.8. The quantitative estimate of drug-likeness (QED) is 0.879. The fraction of sp³-hybridized carbons (Fsp3) is 0.273. The second-order valence-electron chi connectivity index (χ2n) is 3.77. The van der Waals surface area contributed by atoms with Crippen molar-refractivity contribution in [1.29, 1.82) is 0 Å².